The van der Waals surface area contributed by atoms with E-state index in [1.807, 2.05) is 18.7 Å². The summed E-state index contributed by atoms with van der Waals surface area (Å²) in [5, 5.41) is 6.48. The number of aryl methyl sites for hydroxylation is 3. The Balaban J connectivity index is 1.61. The number of nitrogens with zero attached hydrogens (tertiary/aromatic N) is 3. The molecular formula is C17H24N4O4S2. The quantitative estimate of drug-likeness (QED) is 0.807. The number of nitrogens with one attached hydrogen (secondary N) is 1. The van der Waals surface area contributed by atoms with Crippen molar-refractivity contribution in [2.24, 2.45) is 0 Å². The van der Waals surface area contributed by atoms with Crippen LogP contribution >= 0.6 is 11.3 Å². The second-order valence-corrected chi connectivity index (χ2v) is 10.1. The number of anilines is 1. The summed E-state index contributed by atoms with van der Waals surface area (Å²) in [6, 6.07) is 3.00. The second kappa shape index (κ2) is 7.70. The molecule has 1 atom stereocenters. The lowest BCUT2D eigenvalue weighted by atomic mass is 10.2. The van der Waals surface area contributed by atoms with Gasteiger partial charge in [0.2, 0.25) is 15.9 Å². The van der Waals surface area contributed by atoms with Crippen molar-refractivity contribution in [3.05, 3.63) is 27.6 Å². The van der Waals surface area contributed by atoms with Gasteiger partial charge in [-0.2, -0.15) is 4.31 Å². The van der Waals surface area contributed by atoms with Crippen LogP contribution in [0.2, 0.25) is 0 Å². The van der Waals surface area contributed by atoms with Gasteiger partial charge in [0.15, 0.2) is 5.82 Å². The Morgan fingerprint density at radius 2 is 1.89 bits per heavy atom. The van der Waals surface area contributed by atoms with Gasteiger partial charge in [0.1, 0.15) is 5.76 Å². The Hall–Kier alpha value is -1.75. The maximum absolute atomic E-state index is 12.9. The zero-order valence-corrected chi connectivity index (χ0v) is 17.5. The Morgan fingerprint density at radius 1 is 1.22 bits per heavy atom. The molecule has 2 aromatic rings. The molecule has 1 aliphatic rings. The summed E-state index contributed by atoms with van der Waals surface area (Å²) < 4.78 is 32.2. The van der Waals surface area contributed by atoms with E-state index in [0.29, 0.717) is 42.7 Å². The van der Waals surface area contributed by atoms with Crippen LogP contribution in [-0.4, -0.2) is 60.9 Å². The Kier molecular flexibility index (Phi) is 5.71. The van der Waals surface area contributed by atoms with E-state index in [4.69, 9.17) is 4.52 Å². The highest BCUT2D eigenvalue weighted by atomic mass is 32.2. The molecule has 8 nitrogen and oxygen atoms in total. The molecule has 27 heavy (non-hydrogen) atoms. The summed E-state index contributed by atoms with van der Waals surface area (Å²) >= 11 is 1.49. The summed E-state index contributed by atoms with van der Waals surface area (Å²) in [4.78, 5) is 16.6. The first-order chi connectivity index (χ1) is 12.7. The van der Waals surface area contributed by atoms with E-state index in [2.05, 4.69) is 10.5 Å². The number of carbonyl (C=O) groups excluding carboxylic acids is 1. The summed E-state index contributed by atoms with van der Waals surface area (Å²) in [6.07, 6.45) is 0. The zero-order chi connectivity index (χ0) is 19.8. The van der Waals surface area contributed by atoms with E-state index in [1.54, 1.807) is 26.0 Å². The lowest BCUT2D eigenvalue weighted by Gasteiger charge is -2.36. The molecule has 1 fully saturated rings. The van der Waals surface area contributed by atoms with Crippen LogP contribution in [0.15, 0.2) is 21.6 Å². The molecular weight excluding hydrogens is 388 g/mol. The average Bonchev–Trinajstić information content (AvgIpc) is 3.19. The lowest BCUT2D eigenvalue weighted by Crippen LogP contribution is -2.53. The van der Waals surface area contributed by atoms with Gasteiger partial charge in [-0.25, -0.2) is 8.42 Å². The Labute approximate surface area is 163 Å². The van der Waals surface area contributed by atoms with Crippen LogP contribution in [0.1, 0.15) is 22.4 Å². The standard InChI is InChI=1S/C17H24N4O4S2/c1-11-9-16(19-25-11)18-17(22)13(3)20-5-7-21(8-6-20)27(23,24)15-10-12(2)26-14(15)4/h9-10,13H,5-8H2,1-4H3,(H,18,19,22). The minimum atomic E-state index is -3.49. The minimum Gasteiger partial charge on any atom is -0.360 e. The van der Waals surface area contributed by atoms with E-state index < -0.39 is 16.1 Å². The first-order valence-electron chi connectivity index (χ1n) is 8.74. The van der Waals surface area contributed by atoms with Gasteiger partial charge in [0, 0.05) is 42.0 Å². The Morgan fingerprint density at radius 3 is 2.41 bits per heavy atom. The van der Waals surface area contributed by atoms with Gasteiger partial charge in [-0.3, -0.25) is 9.69 Å². The maximum Gasteiger partial charge on any atom is 0.244 e. The van der Waals surface area contributed by atoms with Crippen molar-refractivity contribution >= 4 is 33.1 Å². The van der Waals surface area contributed by atoms with Crippen molar-refractivity contribution in [2.45, 2.75) is 38.6 Å². The first kappa shape index (κ1) is 20.0. The summed E-state index contributed by atoms with van der Waals surface area (Å²) in [5.74, 6) is 0.813. The number of hydrogen-bond donors (Lipinski definition) is 1. The fourth-order valence-corrected chi connectivity index (χ4v) is 6.10. The van der Waals surface area contributed by atoms with Crippen LogP contribution in [0.3, 0.4) is 0 Å². The van der Waals surface area contributed by atoms with E-state index >= 15 is 0 Å². The van der Waals surface area contributed by atoms with Gasteiger partial charge >= 0.3 is 0 Å². The van der Waals surface area contributed by atoms with Gasteiger partial charge in [-0.15, -0.1) is 11.3 Å². The van der Waals surface area contributed by atoms with Crippen molar-refractivity contribution in [1.82, 2.24) is 14.4 Å². The van der Waals surface area contributed by atoms with Crippen LogP contribution in [0, 0.1) is 20.8 Å². The Bertz CT molecular complexity index is 927. The monoisotopic (exact) mass is 412 g/mol. The predicted molar refractivity (Wildman–Crippen MR) is 103 cm³/mol. The minimum absolute atomic E-state index is 0.191. The van der Waals surface area contributed by atoms with Crippen LogP contribution in [0.4, 0.5) is 5.82 Å². The van der Waals surface area contributed by atoms with E-state index in [-0.39, 0.29) is 5.91 Å². The summed E-state index contributed by atoms with van der Waals surface area (Å²) in [7, 11) is -3.49. The van der Waals surface area contributed by atoms with Crippen molar-refractivity contribution in [1.29, 1.82) is 0 Å². The third-order valence-corrected chi connectivity index (χ3v) is 7.81. The molecule has 1 N–H and O–H groups in total. The largest absolute Gasteiger partial charge is 0.360 e. The highest BCUT2D eigenvalue weighted by molar-refractivity contribution is 7.89. The number of sulfonamides is 1. The van der Waals surface area contributed by atoms with Crippen LogP contribution in [-0.2, 0) is 14.8 Å². The molecule has 0 radical (unpaired) electrons. The van der Waals surface area contributed by atoms with E-state index in [0.717, 1.165) is 9.75 Å². The number of amides is 1. The number of rotatable bonds is 5. The van der Waals surface area contributed by atoms with Gasteiger partial charge in [0.25, 0.3) is 0 Å². The molecule has 0 aliphatic carbocycles. The number of hydrogen-bond acceptors (Lipinski definition) is 7. The van der Waals surface area contributed by atoms with Gasteiger partial charge in [0.05, 0.1) is 10.9 Å². The zero-order valence-electron chi connectivity index (χ0n) is 15.9. The highest BCUT2D eigenvalue weighted by Gasteiger charge is 2.33. The van der Waals surface area contributed by atoms with Gasteiger partial charge < -0.3 is 9.84 Å². The van der Waals surface area contributed by atoms with Crippen LogP contribution in [0.5, 0.6) is 0 Å². The SMILES string of the molecule is Cc1cc(NC(=O)C(C)N2CCN(S(=O)(=O)c3cc(C)sc3C)CC2)no1. The lowest BCUT2D eigenvalue weighted by molar-refractivity contribution is -0.121. The summed E-state index contributed by atoms with van der Waals surface area (Å²) in [6.45, 7) is 9.00. The van der Waals surface area contributed by atoms with Crippen molar-refractivity contribution in [3.8, 4) is 0 Å². The van der Waals surface area contributed by atoms with Gasteiger partial charge in [-0.1, -0.05) is 5.16 Å². The molecule has 3 rings (SSSR count). The molecule has 0 aromatic carbocycles. The van der Waals surface area contributed by atoms with Crippen molar-refractivity contribution in [2.75, 3.05) is 31.5 Å². The van der Waals surface area contributed by atoms with E-state index in [1.165, 1.54) is 15.6 Å². The number of piperazine rings is 1. The molecule has 10 heteroatoms. The summed E-state index contributed by atoms with van der Waals surface area (Å²) in [5.41, 5.74) is 0. The van der Waals surface area contributed by atoms with Gasteiger partial charge in [-0.05, 0) is 33.8 Å². The molecule has 1 aliphatic heterocycles. The number of thiophene rings is 1. The van der Waals surface area contributed by atoms with Crippen molar-refractivity contribution in [3.63, 3.8) is 0 Å². The molecule has 0 bridgehead atoms. The van der Waals surface area contributed by atoms with E-state index in [9.17, 15) is 13.2 Å². The molecule has 1 amide bonds. The first-order valence-corrected chi connectivity index (χ1v) is 11.0. The number of aromatic nitrogens is 1. The highest BCUT2D eigenvalue weighted by Crippen LogP contribution is 2.28. The molecule has 2 aromatic heterocycles. The van der Waals surface area contributed by atoms with Crippen LogP contribution < -0.4 is 5.32 Å². The second-order valence-electron chi connectivity index (χ2n) is 6.71. The molecule has 1 saturated heterocycles. The molecule has 3 heterocycles. The topological polar surface area (TPSA) is 95.8 Å². The molecule has 148 valence electrons. The number of carbonyl (C=O) groups is 1. The molecule has 0 spiro atoms. The fourth-order valence-electron chi connectivity index (χ4n) is 3.16. The smallest absolute Gasteiger partial charge is 0.244 e. The third kappa shape index (κ3) is 4.23. The van der Waals surface area contributed by atoms with Crippen LogP contribution in [0.25, 0.3) is 0 Å². The molecule has 0 saturated carbocycles. The normalized spacial score (nSPS) is 17.8. The maximum atomic E-state index is 12.9. The molecule has 1 unspecified atom stereocenters. The van der Waals surface area contributed by atoms with Crippen molar-refractivity contribution < 1.29 is 17.7 Å². The average molecular weight is 413 g/mol. The third-order valence-electron chi connectivity index (χ3n) is 4.69. The fraction of sp³-hybridized carbons (Fsp3) is 0.529. The predicted octanol–water partition coefficient (Wildman–Crippen LogP) is 1.99.